The number of ether oxygens (including phenoxy) is 2. The molecule has 0 radical (unpaired) electrons. The predicted molar refractivity (Wildman–Crippen MR) is 138 cm³/mol. The van der Waals surface area contributed by atoms with Crippen molar-refractivity contribution in [2.75, 3.05) is 33.4 Å². The Kier molecular flexibility index (Phi) is 8.08. The van der Waals surface area contributed by atoms with E-state index in [-0.39, 0.29) is 24.4 Å². The molecule has 184 valence electrons. The highest BCUT2D eigenvalue weighted by atomic mass is 32.1. The first kappa shape index (κ1) is 24.8. The van der Waals surface area contributed by atoms with Crippen LogP contribution in [0.1, 0.15) is 45.7 Å². The monoisotopic (exact) mass is 492 g/mol. The molecule has 0 unspecified atom stereocenters. The summed E-state index contributed by atoms with van der Waals surface area (Å²) >= 11 is 1.71. The van der Waals surface area contributed by atoms with Crippen LogP contribution in [-0.2, 0) is 11.2 Å². The van der Waals surface area contributed by atoms with Gasteiger partial charge in [-0.05, 0) is 61.0 Å². The van der Waals surface area contributed by atoms with Gasteiger partial charge in [0.15, 0.2) is 11.5 Å². The van der Waals surface area contributed by atoms with Crippen LogP contribution in [-0.4, -0.2) is 55.0 Å². The Bertz CT molecular complexity index is 1160. The second kappa shape index (κ2) is 11.4. The average molecular weight is 493 g/mol. The van der Waals surface area contributed by atoms with Crippen LogP contribution in [0.3, 0.4) is 0 Å². The maximum atomic E-state index is 13.6. The first-order valence-corrected chi connectivity index (χ1v) is 12.9. The maximum Gasteiger partial charge on any atom is 0.254 e. The fourth-order valence-corrected chi connectivity index (χ4v) is 5.36. The van der Waals surface area contributed by atoms with Crippen molar-refractivity contribution in [3.63, 3.8) is 0 Å². The summed E-state index contributed by atoms with van der Waals surface area (Å²) in [5.74, 6) is 1.12. The summed E-state index contributed by atoms with van der Waals surface area (Å²) in [4.78, 5) is 31.6. The van der Waals surface area contributed by atoms with E-state index in [4.69, 9.17) is 9.47 Å². The van der Waals surface area contributed by atoms with Crippen molar-refractivity contribution in [1.29, 1.82) is 0 Å². The molecule has 2 aromatic carbocycles. The van der Waals surface area contributed by atoms with Gasteiger partial charge in [-0.1, -0.05) is 36.8 Å². The summed E-state index contributed by atoms with van der Waals surface area (Å²) in [5, 5.41) is 2.07. The zero-order valence-electron chi connectivity index (χ0n) is 20.5. The van der Waals surface area contributed by atoms with Gasteiger partial charge in [-0.25, -0.2) is 0 Å². The highest BCUT2D eigenvalue weighted by Crippen LogP contribution is 2.35. The molecular formula is C28H32N2O4S. The number of fused-ring (bicyclic) bond motifs is 1. The summed E-state index contributed by atoms with van der Waals surface area (Å²) in [6, 6.07) is 16.9. The normalized spacial score (nSPS) is 14.8. The Labute approximate surface area is 211 Å². The number of methoxy groups -OCH3 is 1. The number of para-hydroxylation sites is 2. The molecule has 0 bridgehead atoms. The van der Waals surface area contributed by atoms with Gasteiger partial charge in [-0.2, -0.15) is 0 Å². The van der Waals surface area contributed by atoms with Crippen molar-refractivity contribution >= 4 is 23.2 Å². The van der Waals surface area contributed by atoms with Crippen LogP contribution >= 0.6 is 11.3 Å². The molecule has 0 fully saturated rings. The third kappa shape index (κ3) is 5.68. The van der Waals surface area contributed by atoms with Crippen molar-refractivity contribution < 1.29 is 19.1 Å². The number of hydrogen-bond donors (Lipinski definition) is 0. The number of thiophene rings is 1. The van der Waals surface area contributed by atoms with E-state index in [1.807, 2.05) is 67.3 Å². The lowest BCUT2D eigenvalue weighted by Gasteiger charge is -2.37. The van der Waals surface area contributed by atoms with Crippen molar-refractivity contribution in [3.05, 3.63) is 81.5 Å². The quantitative estimate of drug-likeness (QED) is 0.416. The number of nitrogens with zero attached hydrogens (tertiary/aromatic N) is 2. The van der Waals surface area contributed by atoms with Crippen LogP contribution in [0.4, 0.5) is 0 Å². The van der Waals surface area contributed by atoms with E-state index in [0.717, 1.165) is 24.0 Å². The molecule has 2 amide bonds. The van der Waals surface area contributed by atoms with E-state index in [1.165, 1.54) is 4.88 Å². The molecule has 0 aliphatic carbocycles. The van der Waals surface area contributed by atoms with Crippen LogP contribution < -0.4 is 9.47 Å². The van der Waals surface area contributed by atoms with Crippen LogP contribution in [0.2, 0.25) is 0 Å². The number of carbonyl (C=O) groups is 2. The molecule has 35 heavy (non-hydrogen) atoms. The van der Waals surface area contributed by atoms with Crippen molar-refractivity contribution in [2.24, 2.45) is 0 Å². The van der Waals surface area contributed by atoms with E-state index < -0.39 is 0 Å². The van der Waals surface area contributed by atoms with Gasteiger partial charge < -0.3 is 19.3 Å². The van der Waals surface area contributed by atoms with Crippen molar-refractivity contribution in [3.8, 4) is 11.5 Å². The molecule has 0 saturated carbocycles. The minimum absolute atomic E-state index is 0.0468. The smallest absolute Gasteiger partial charge is 0.254 e. The van der Waals surface area contributed by atoms with Gasteiger partial charge in [0.2, 0.25) is 5.91 Å². The third-order valence-corrected chi connectivity index (χ3v) is 7.28. The average Bonchev–Trinajstić information content (AvgIpc) is 3.36. The number of hydrogen-bond acceptors (Lipinski definition) is 5. The highest BCUT2D eigenvalue weighted by molar-refractivity contribution is 7.10. The molecular weight excluding hydrogens is 460 g/mol. The van der Waals surface area contributed by atoms with E-state index in [2.05, 4.69) is 11.4 Å². The minimum atomic E-state index is -0.222. The number of benzene rings is 2. The van der Waals surface area contributed by atoms with Gasteiger partial charge in [-0.15, -0.1) is 11.3 Å². The molecule has 1 aliphatic heterocycles. The molecule has 1 aromatic heterocycles. The standard InChI is InChI=1S/C28H32N2O4S/c1-4-15-29(28(32)21-11-9-20(2)10-12-21)18-27(31)30-16-13-26-22(14-17-35-26)23(30)19-34-25-8-6-5-7-24(25)33-3/h5-12,14,17,23H,4,13,15-16,18-19H2,1-3H3/t23-/m0/s1. The fourth-order valence-electron chi connectivity index (χ4n) is 4.44. The largest absolute Gasteiger partial charge is 0.493 e. The molecule has 1 aliphatic rings. The molecule has 3 aromatic rings. The Morgan fingerprint density at radius 2 is 1.83 bits per heavy atom. The van der Waals surface area contributed by atoms with Crippen LogP contribution in [0.25, 0.3) is 0 Å². The van der Waals surface area contributed by atoms with Crippen LogP contribution in [0, 0.1) is 6.92 Å². The summed E-state index contributed by atoms with van der Waals surface area (Å²) in [6.07, 6.45) is 1.59. The van der Waals surface area contributed by atoms with Gasteiger partial charge in [0, 0.05) is 23.5 Å². The Hall–Kier alpha value is -3.32. The molecule has 6 nitrogen and oxygen atoms in total. The predicted octanol–water partition coefficient (Wildman–Crippen LogP) is 5.12. The summed E-state index contributed by atoms with van der Waals surface area (Å²) < 4.78 is 11.6. The third-order valence-electron chi connectivity index (χ3n) is 6.29. The lowest BCUT2D eigenvalue weighted by molar-refractivity contribution is -0.135. The zero-order valence-corrected chi connectivity index (χ0v) is 21.3. The molecule has 0 N–H and O–H groups in total. The van der Waals surface area contributed by atoms with Gasteiger partial charge in [0.05, 0.1) is 13.2 Å². The number of rotatable bonds is 9. The van der Waals surface area contributed by atoms with Crippen LogP contribution in [0.5, 0.6) is 11.5 Å². The lowest BCUT2D eigenvalue weighted by atomic mass is 10.00. The van der Waals surface area contributed by atoms with Crippen molar-refractivity contribution in [2.45, 2.75) is 32.7 Å². The molecule has 1 atom stereocenters. The maximum absolute atomic E-state index is 13.6. The molecule has 2 heterocycles. The van der Waals surface area contributed by atoms with E-state index >= 15 is 0 Å². The fraction of sp³-hybridized carbons (Fsp3) is 0.357. The summed E-state index contributed by atoms with van der Waals surface area (Å²) in [7, 11) is 1.61. The second-order valence-corrected chi connectivity index (χ2v) is 9.71. The topological polar surface area (TPSA) is 59.1 Å². The van der Waals surface area contributed by atoms with Gasteiger partial charge in [0.25, 0.3) is 5.91 Å². The van der Waals surface area contributed by atoms with Gasteiger partial charge in [-0.3, -0.25) is 9.59 Å². The number of carbonyl (C=O) groups excluding carboxylic acids is 2. The minimum Gasteiger partial charge on any atom is -0.493 e. The first-order valence-electron chi connectivity index (χ1n) is 12.0. The highest BCUT2D eigenvalue weighted by Gasteiger charge is 2.33. The Morgan fingerprint density at radius 1 is 1.09 bits per heavy atom. The number of amides is 2. The van der Waals surface area contributed by atoms with E-state index in [1.54, 1.807) is 23.3 Å². The van der Waals surface area contributed by atoms with Gasteiger partial charge in [0.1, 0.15) is 13.2 Å². The first-order chi connectivity index (χ1) is 17.0. The van der Waals surface area contributed by atoms with Crippen molar-refractivity contribution in [1.82, 2.24) is 9.80 Å². The SMILES string of the molecule is CCCN(CC(=O)N1CCc2sccc2[C@@H]1COc1ccccc1OC)C(=O)c1ccc(C)cc1. The molecule has 7 heteroatoms. The molecule has 0 saturated heterocycles. The van der Waals surface area contributed by atoms with Gasteiger partial charge >= 0.3 is 0 Å². The summed E-state index contributed by atoms with van der Waals surface area (Å²) in [6.45, 7) is 5.50. The van der Waals surface area contributed by atoms with E-state index in [0.29, 0.717) is 36.8 Å². The molecule has 4 rings (SSSR count). The van der Waals surface area contributed by atoms with E-state index in [9.17, 15) is 9.59 Å². The zero-order chi connectivity index (χ0) is 24.8. The molecule has 0 spiro atoms. The summed E-state index contributed by atoms with van der Waals surface area (Å²) in [5.41, 5.74) is 2.82. The lowest BCUT2D eigenvalue weighted by Crippen LogP contribution is -2.48. The number of aryl methyl sites for hydroxylation is 1. The van der Waals surface area contributed by atoms with Crippen LogP contribution in [0.15, 0.2) is 60.0 Å². The Balaban J connectivity index is 1.53. The Morgan fingerprint density at radius 3 is 2.54 bits per heavy atom. The second-order valence-electron chi connectivity index (χ2n) is 8.71.